The molecule has 0 unspecified atom stereocenters. The van der Waals surface area contributed by atoms with Gasteiger partial charge in [-0.25, -0.2) is 4.39 Å². The van der Waals surface area contributed by atoms with E-state index in [-0.39, 0.29) is 17.1 Å². The number of nitrogens with zero attached hydrogens (tertiary/aromatic N) is 2. The SMILES string of the molecule is CCC1(C(=O)N2CCN(c3ccccc3F)CC2)COC1. The maximum Gasteiger partial charge on any atom is 0.233 e. The van der Waals surface area contributed by atoms with Crippen LogP contribution in [0, 0.1) is 11.2 Å². The normalized spacial score (nSPS) is 21.0. The van der Waals surface area contributed by atoms with E-state index in [1.165, 1.54) is 6.07 Å². The van der Waals surface area contributed by atoms with Gasteiger partial charge < -0.3 is 14.5 Å². The van der Waals surface area contributed by atoms with Crippen molar-refractivity contribution in [1.29, 1.82) is 0 Å². The fraction of sp³-hybridized carbons (Fsp3) is 0.562. The van der Waals surface area contributed by atoms with E-state index >= 15 is 0 Å². The van der Waals surface area contributed by atoms with Crippen molar-refractivity contribution in [3.8, 4) is 0 Å². The fourth-order valence-corrected chi connectivity index (χ4v) is 3.02. The van der Waals surface area contributed by atoms with Crippen molar-refractivity contribution in [1.82, 2.24) is 4.90 Å². The summed E-state index contributed by atoms with van der Waals surface area (Å²) in [4.78, 5) is 16.5. The zero-order valence-electron chi connectivity index (χ0n) is 12.3. The van der Waals surface area contributed by atoms with Crippen LogP contribution in [0.1, 0.15) is 13.3 Å². The standard InChI is InChI=1S/C16H21FN2O2/c1-2-16(11-21-12-16)15(20)19-9-7-18(8-10-19)14-6-4-3-5-13(14)17/h3-6H,2,7-12H2,1H3. The summed E-state index contributed by atoms with van der Waals surface area (Å²) in [6, 6.07) is 6.80. The van der Waals surface area contributed by atoms with Gasteiger partial charge in [-0.2, -0.15) is 0 Å². The third kappa shape index (κ3) is 2.50. The summed E-state index contributed by atoms with van der Waals surface area (Å²) in [5, 5.41) is 0. The van der Waals surface area contributed by atoms with Crippen molar-refractivity contribution in [3.63, 3.8) is 0 Å². The molecule has 114 valence electrons. The molecule has 5 heteroatoms. The van der Waals surface area contributed by atoms with E-state index < -0.39 is 0 Å². The van der Waals surface area contributed by atoms with E-state index in [4.69, 9.17) is 4.74 Å². The molecule has 1 aromatic rings. The molecule has 2 aliphatic heterocycles. The van der Waals surface area contributed by atoms with Crippen LogP contribution in [0.25, 0.3) is 0 Å². The number of ether oxygens (including phenoxy) is 1. The third-order valence-corrected chi connectivity index (χ3v) is 4.65. The molecule has 1 amide bonds. The molecule has 0 atom stereocenters. The van der Waals surface area contributed by atoms with Crippen LogP contribution in [0.3, 0.4) is 0 Å². The largest absolute Gasteiger partial charge is 0.379 e. The lowest BCUT2D eigenvalue weighted by atomic mass is 9.81. The molecule has 4 nitrogen and oxygen atoms in total. The minimum Gasteiger partial charge on any atom is -0.379 e. The van der Waals surface area contributed by atoms with E-state index in [0.717, 1.165) is 6.42 Å². The second-order valence-electron chi connectivity index (χ2n) is 5.86. The number of amides is 1. The van der Waals surface area contributed by atoms with Crippen molar-refractivity contribution < 1.29 is 13.9 Å². The maximum absolute atomic E-state index is 13.8. The Kier molecular flexibility index (Phi) is 3.85. The van der Waals surface area contributed by atoms with Crippen LogP contribution in [-0.2, 0) is 9.53 Å². The average molecular weight is 292 g/mol. The molecule has 2 aliphatic rings. The number of hydrogen-bond acceptors (Lipinski definition) is 3. The molecule has 0 aliphatic carbocycles. The van der Waals surface area contributed by atoms with Crippen molar-refractivity contribution in [2.45, 2.75) is 13.3 Å². The van der Waals surface area contributed by atoms with Gasteiger partial charge in [0.05, 0.1) is 24.3 Å². The first-order valence-electron chi connectivity index (χ1n) is 7.53. The van der Waals surface area contributed by atoms with E-state index in [2.05, 4.69) is 0 Å². The van der Waals surface area contributed by atoms with Crippen molar-refractivity contribution in [2.75, 3.05) is 44.3 Å². The van der Waals surface area contributed by atoms with Gasteiger partial charge in [0.2, 0.25) is 5.91 Å². The summed E-state index contributed by atoms with van der Waals surface area (Å²) in [6.07, 6.45) is 0.819. The van der Waals surface area contributed by atoms with E-state index in [0.29, 0.717) is 45.1 Å². The highest BCUT2D eigenvalue weighted by Gasteiger charge is 2.46. The molecule has 0 aromatic heterocycles. The van der Waals surface area contributed by atoms with Crippen LogP contribution in [0.2, 0.25) is 0 Å². The Balaban J connectivity index is 1.63. The highest BCUT2D eigenvalue weighted by Crippen LogP contribution is 2.34. The van der Waals surface area contributed by atoms with Crippen LogP contribution >= 0.6 is 0 Å². The summed E-state index contributed by atoms with van der Waals surface area (Å²) < 4.78 is 19.0. The number of carbonyl (C=O) groups is 1. The van der Waals surface area contributed by atoms with Gasteiger partial charge >= 0.3 is 0 Å². The minimum atomic E-state index is -0.305. The van der Waals surface area contributed by atoms with Crippen LogP contribution in [-0.4, -0.2) is 50.2 Å². The van der Waals surface area contributed by atoms with E-state index in [1.54, 1.807) is 12.1 Å². The fourth-order valence-electron chi connectivity index (χ4n) is 3.02. The molecule has 0 bridgehead atoms. The van der Waals surface area contributed by atoms with Crippen molar-refractivity contribution in [2.24, 2.45) is 5.41 Å². The van der Waals surface area contributed by atoms with Gasteiger partial charge in [0, 0.05) is 26.2 Å². The Morgan fingerprint density at radius 3 is 2.43 bits per heavy atom. The Morgan fingerprint density at radius 2 is 1.90 bits per heavy atom. The lowest BCUT2D eigenvalue weighted by Crippen LogP contribution is -2.59. The minimum absolute atomic E-state index is 0.199. The number of para-hydroxylation sites is 1. The molecule has 0 N–H and O–H groups in total. The molecular formula is C16H21FN2O2. The zero-order chi connectivity index (χ0) is 14.9. The molecule has 3 rings (SSSR count). The first-order valence-corrected chi connectivity index (χ1v) is 7.53. The average Bonchev–Trinajstić information content (AvgIpc) is 2.47. The highest BCUT2D eigenvalue weighted by atomic mass is 19.1. The van der Waals surface area contributed by atoms with E-state index in [9.17, 15) is 9.18 Å². The molecule has 0 saturated carbocycles. The summed E-state index contributed by atoms with van der Waals surface area (Å²) in [6.45, 7) is 5.76. The zero-order valence-corrected chi connectivity index (χ0v) is 12.3. The number of benzene rings is 1. The lowest BCUT2D eigenvalue weighted by Gasteiger charge is -2.45. The Hall–Kier alpha value is -1.62. The summed E-state index contributed by atoms with van der Waals surface area (Å²) in [5.74, 6) is -0.000804. The maximum atomic E-state index is 13.8. The molecule has 0 radical (unpaired) electrons. The molecule has 1 aromatic carbocycles. The Bertz CT molecular complexity index is 517. The second-order valence-corrected chi connectivity index (χ2v) is 5.86. The molecule has 21 heavy (non-hydrogen) atoms. The number of piperazine rings is 1. The van der Waals surface area contributed by atoms with Crippen molar-refractivity contribution >= 4 is 11.6 Å². The summed E-state index contributed by atoms with van der Waals surface area (Å²) in [5.41, 5.74) is 0.321. The quantitative estimate of drug-likeness (QED) is 0.853. The number of carbonyl (C=O) groups excluding carboxylic acids is 1. The second kappa shape index (κ2) is 5.64. The molecule has 0 spiro atoms. The highest BCUT2D eigenvalue weighted by molar-refractivity contribution is 5.84. The van der Waals surface area contributed by atoms with Crippen LogP contribution in [0.4, 0.5) is 10.1 Å². The monoisotopic (exact) mass is 292 g/mol. The molecule has 2 heterocycles. The van der Waals surface area contributed by atoms with Gasteiger partial charge in [0.1, 0.15) is 5.82 Å². The number of rotatable bonds is 3. The lowest BCUT2D eigenvalue weighted by molar-refractivity contribution is -0.173. The number of hydrogen-bond donors (Lipinski definition) is 0. The Labute approximate surface area is 124 Å². The van der Waals surface area contributed by atoms with Gasteiger partial charge in [0.15, 0.2) is 0 Å². The predicted octanol–water partition coefficient (Wildman–Crippen LogP) is 1.90. The molecular weight excluding hydrogens is 271 g/mol. The smallest absolute Gasteiger partial charge is 0.233 e. The molecule has 2 fully saturated rings. The predicted molar refractivity (Wildman–Crippen MR) is 78.7 cm³/mol. The van der Waals surface area contributed by atoms with Gasteiger partial charge in [-0.15, -0.1) is 0 Å². The van der Waals surface area contributed by atoms with Gasteiger partial charge in [-0.3, -0.25) is 4.79 Å². The van der Waals surface area contributed by atoms with Crippen LogP contribution < -0.4 is 4.90 Å². The first kappa shape index (κ1) is 14.3. The van der Waals surface area contributed by atoms with Gasteiger partial charge in [-0.05, 0) is 18.6 Å². The third-order valence-electron chi connectivity index (χ3n) is 4.65. The summed E-state index contributed by atoms with van der Waals surface area (Å²) in [7, 11) is 0. The number of anilines is 1. The van der Waals surface area contributed by atoms with Gasteiger partial charge in [0.25, 0.3) is 0 Å². The van der Waals surface area contributed by atoms with Gasteiger partial charge in [-0.1, -0.05) is 19.1 Å². The van der Waals surface area contributed by atoms with Crippen LogP contribution in [0.15, 0.2) is 24.3 Å². The number of halogens is 1. The van der Waals surface area contributed by atoms with E-state index in [1.807, 2.05) is 22.8 Å². The van der Waals surface area contributed by atoms with Crippen molar-refractivity contribution in [3.05, 3.63) is 30.1 Å². The van der Waals surface area contributed by atoms with Crippen LogP contribution in [0.5, 0.6) is 0 Å². The topological polar surface area (TPSA) is 32.8 Å². The first-order chi connectivity index (χ1) is 10.2. The Morgan fingerprint density at radius 1 is 1.24 bits per heavy atom. The molecule has 2 saturated heterocycles. The summed E-state index contributed by atoms with van der Waals surface area (Å²) >= 11 is 0.